The predicted octanol–water partition coefficient (Wildman–Crippen LogP) is 1.45. The van der Waals surface area contributed by atoms with Crippen LogP contribution in [0.25, 0.3) is 0 Å². The SMILES string of the molecule is COc1ccc(COCC(O)CNCCCn2ccnc2)cc1. The molecule has 1 heterocycles. The summed E-state index contributed by atoms with van der Waals surface area (Å²) in [5, 5.41) is 13.1. The summed E-state index contributed by atoms with van der Waals surface area (Å²) in [7, 11) is 1.64. The van der Waals surface area contributed by atoms with Crippen molar-refractivity contribution in [3.63, 3.8) is 0 Å². The minimum atomic E-state index is -0.499. The van der Waals surface area contributed by atoms with E-state index < -0.39 is 6.10 Å². The van der Waals surface area contributed by atoms with Gasteiger partial charge in [-0.2, -0.15) is 0 Å². The van der Waals surface area contributed by atoms with Crippen molar-refractivity contribution in [2.45, 2.75) is 25.7 Å². The number of aromatic nitrogens is 2. The molecule has 0 saturated heterocycles. The van der Waals surface area contributed by atoms with Gasteiger partial charge in [0, 0.05) is 25.5 Å². The molecule has 23 heavy (non-hydrogen) atoms. The Balaban J connectivity index is 1.50. The van der Waals surface area contributed by atoms with Gasteiger partial charge in [-0.25, -0.2) is 4.98 Å². The standard InChI is InChI=1S/C17H25N3O3/c1-22-17-5-3-15(4-6-17)12-23-13-16(21)11-18-7-2-9-20-10-8-19-14-20/h3-6,8,10,14,16,18,21H,2,7,9,11-13H2,1H3. The van der Waals surface area contributed by atoms with Crippen LogP contribution in [0.1, 0.15) is 12.0 Å². The Morgan fingerprint density at radius 3 is 2.83 bits per heavy atom. The summed E-state index contributed by atoms with van der Waals surface area (Å²) in [6.45, 7) is 3.12. The maximum atomic E-state index is 9.87. The number of ether oxygens (including phenoxy) is 2. The van der Waals surface area contributed by atoms with Crippen LogP contribution >= 0.6 is 0 Å². The summed E-state index contributed by atoms with van der Waals surface area (Å²) in [5.41, 5.74) is 1.06. The van der Waals surface area contributed by atoms with E-state index in [1.807, 2.05) is 41.4 Å². The molecule has 2 rings (SSSR count). The summed E-state index contributed by atoms with van der Waals surface area (Å²) >= 11 is 0. The van der Waals surface area contributed by atoms with E-state index >= 15 is 0 Å². The molecule has 0 aliphatic rings. The molecule has 2 aromatic rings. The third-order valence-electron chi connectivity index (χ3n) is 3.45. The van der Waals surface area contributed by atoms with Crippen LogP contribution in [0.4, 0.5) is 0 Å². The van der Waals surface area contributed by atoms with Gasteiger partial charge in [0.05, 0.1) is 32.8 Å². The number of hydrogen-bond acceptors (Lipinski definition) is 5. The second kappa shape index (κ2) is 9.99. The molecule has 1 aromatic heterocycles. The van der Waals surface area contributed by atoms with E-state index in [1.165, 1.54) is 0 Å². The molecule has 0 amide bonds. The highest BCUT2D eigenvalue weighted by Crippen LogP contribution is 2.11. The Hall–Kier alpha value is -1.89. The molecule has 6 heteroatoms. The molecule has 0 aliphatic heterocycles. The molecule has 0 spiro atoms. The minimum Gasteiger partial charge on any atom is -0.497 e. The lowest BCUT2D eigenvalue weighted by atomic mass is 10.2. The van der Waals surface area contributed by atoms with E-state index in [2.05, 4.69) is 10.3 Å². The predicted molar refractivity (Wildman–Crippen MR) is 88.4 cm³/mol. The fraction of sp³-hybridized carbons (Fsp3) is 0.471. The zero-order valence-electron chi connectivity index (χ0n) is 13.5. The van der Waals surface area contributed by atoms with Crippen molar-refractivity contribution < 1.29 is 14.6 Å². The first-order valence-electron chi connectivity index (χ1n) is 7.83. The lowest BCUT2D eigenvalue weighted by Gasteiger charge is -2.12. The molecule has 0 saturated carbocycles. The van der Waals surface area contributed by atoms with Crippen LogP contribution in [-0.2, 0) is 17.9 Å². The van der Waals surface area contributed by atoms with Crippen LogP contribution in [0, 0.1) is 0 Å². The first-order chi connectivity index (χ1) is 11.3. The molecular formula is C17H25N3O3. The molecule has 1 atom stereocenters. The highest BCUT2D eigenvalue weighted by molar-refractivity contribution is 5.26. The molecule has 0 aliphatic carbocycles. The highest BCUT2D eigenvalue weighted by Gasteiger charge is 2.04. The number of aliphatic hydroxyl groups excluding tert-OH is 1. The quantitative estimate of drug-likeness (QED) is 0.614. The van der Waals surface area contributed by atoms with Crippen LogP contribution in [0.2, 0.25) is 0 Å². The van der Waals surface area contributed by atoms with E-state index in [4.69, 9.17) is 9.47 Å². The monoisotopic (exact) mass is 319 g/mol. The number of benzene rings is 1. The van der Waals surface area contributed by atoms with Gasteiger partial charge in [0.2, 0.25) is 0 Å². The number of nitrogens with zero attached hydrogens (tertiary/aromatic N) is 2. The molecule has 2 N–H and O–H groups in total. The largest absolute Gasteiger partial charge is 0.497 e. The Bertz CT molecular complexity index is 529. The number of aliphatic hydroxyl groups is 1. The minimum absolute atomic E-state index is 0.320. The highest BCUT2D eigenvalue weighted by atomic mass is 16.5. The van der Waals surface area contributed by atoms with Crippen molar-refractivity contribution in [1.82, 2.24) is 14.9 Å². The van der Waals surface area contributed by atoms with Crippen LogP contribution < -0.4 is 10.1 Å². The molecule has 0 radical (unpaired) electrons. The van der Waals surface area contributed by atoms with E-state index in [0.29, 0.717) is 19.8 Å². The molecule has 0 bridgehead atoms. The van der Waals surface area contributed by atoms with Crippen LogP contribution in [0.15, 0.2) is 43.0 Å². The Morgan fingerprint density at radius 1 is 1.30 bits per heavy atom. The average Bonchev–Trinajstić information content (AvgIpc) is 3.08. The Kier molecular flexibility index (Phi) is 7.59. The number of hydrogen-bond donors (Lipinski definition) is 2. The normalized spacial score (nSPS) is 12.3. The van der Waals surface area contributed by atoms with E-state index in [1.54, 1.807) is 13.3 Å². The zero-order chi connectivity index (χ0) is 16.3. The number of methoxy groups -OCH3 is 1. The maximum Gasteiger partial charge on any atom is 0.118 e. The lowest BCUT2D eigenvalue weighted by molar-refractivity contribution is 0.0289. The van der Waals surface area contributed by atoms with Gasteiger partial charge in [-0.1, -0.05) is 12.1 Å². The fourth-order valence-electron chi connectivity index (χ4n) is 2.17. The third-order valence-corrected chi connectivity index (χ3v) is 3.45. The van der Waals surface area contributed by atoms with Gasteiger partial charge >= 0.3 is 0 Å². The van der Waals surface area contributed by atoms with Gasteiger partial charge in [-0.15, -0.1) is 0 Å². The second-order valence-electron chi connectivity index (χ2n) is 5.38. The summed E-state index contributed by atoms with van der Waals surface area (Å²) in [4.78, 5) is 4.00. The smallest absolute Gasteiger partial charge is 0.118 e. The molecule has 1 aromatic carbocycles. The lowest BCUT2D eigenvalue weighted by Crippen LogP contribution is -2.31. The van der Waals surface area contributed by atoms with E-state index in [9.17, 15) is 5.11 Å². The van der Waals surface area contributed by atoms with Crippen LogP contribution in [0.5, 0.6) is 5.75 Å². The summed E-state index contributed by atoms with van der Waals surface area (Å²) < 4.78 is 12.7. The van der Waals surface area contributed by atoms with Crippen molar-refractivity contribution in [3.05, 3.63) is 48.5 Å². The van der Waals surface area contributed by atoms with Gasteiger partial charge in [-0.3, -0.25) is 0 Å². The first kappa shape index (κ1) is 17.5. The van der Waals surface area contributed by atoms with Crippen LogP contribution in [0.3, 0.4) is 0 Å². The van der Waals surface area contributed by atoms with Crippen molar-refractivity contribution >= 4 is 0 Å². The number of nitrogens with one attached hydrogen (secondary N) is 1. The fourth-order valence-corrected chi connectivity index (χ4v) is 2.17. The van der Waals surface area contributed by atoms with Crippen molar-refractivity contribution in [2.24, 2.45) is 0 Å². The Morgan fingerprint density at radius 2 is 2.13 bits per heavy atom. The summed E-state index contributed by atoms with van der Waals surface area (Å²) in [6, 6.07) is 7.72. The molecule has 6 nitrogen and oxygen atoms in total. The Labute approximate surface area is 137 Å². The maximum absolute atomic E-state index is 9.87. The number of imidazole rings is 1. The molecule has 0 fully saturated rings. The van der Waals surface area contributed by atoms with Gasteiger partial charge in [0.25, 0.3) is 0 Å². The van der Waals surface area contributed by atoms with Crippen molar-refractivity contribution in [2.75, 3.05) is 26.8 Å². The van der Waals surface area contributed by atoms with Gasteiger partial charge in [0.15, 0.2) is 0 Å². The van der Waals surface area contributed by atoms with Gasteiger partial charge < -0.3 is 24.5 Å². The first-order valence-corrected chi connectivity index (χ1v) is 7.83. The molecule has 1 unspecified atom stereocenters. The van der Waals surface area contributed by atoms with Crippen LogP contribution in [-0.4, -0.2) is 47.6 Å². The van der Waals surface area contributed by atoms with Crippen molar-refractivity contribution in [1.29, 1.82) is 0 Å². The van der Waals surface area contributed by atoms with Gasteiger partial charge in [0.1, 0.15) is 5.75 Å². The summed E-state index contributed by atoms with van der Waals surface area (Å²) in [6.07, 6.45) is 6.03. The number of rotatable bonds is 11. The molecule has 126 valence electrons. The molecular weight excluding hydrogens is 294 g/mol. The van der Waals surface area contributed by atoms with E-state index in [0.717, 1.165) is 30.8 Å². The van der Waals surface area contributed by atoms with Crippen molar-refractivity contribution in [3.8, 4) is 5.75 Å². The second-order valence-corrected chi connectivity index (χ2v) is 5.38. The summed E-state index contributed by atoms with van der Waals surface area (Å²) in [5.74, 6) is 0.827. The zero-order valence-corrected chi connectivity index (χ0v) is 13.5. The number of aryl methyl sites for hydroxylation is 1. The average molecular weight is 319 g/mol. The van der Waals surface area contributed by atoms with E-state index in [-0.39, 0.29) is 0 Å². The third kappa shape index (κ3) is 6.81. The topological polar surface area (TPSA) is 68.5 Å². The van der Waals surface area contributed by atoms with Gasteiger partial charge in [-0.05, 0) is 30.7 Å².